The first-order chi connectivity index (χ1) is 17.2. The standard InChI is InChI=1S/C17H4F6N4O8S2/c18-5-1(13(28)29)3(15(32)33)7(20)11(9(5)22)27-17(24-25-26-27)37-36-12-8(21)4(16(34)35)2(14(30)31)6(19)10(12)23/h(H,28,29)(H,30,31)(H,32,33)(H,34,35). The van der Waals surface area contributed by atoms with E-state index in [2.05, 4.69) is 15.5 Å². The van der Waals surface area contributed by atoms with Gasteiger partial charge in [0.15, 0.2) is 34.9 Å². The molecule has 0 aliphatic heterocycles. The number of carbonyl (C=O) groups is 4. The molecule has 1 heterocycles. The van der Waals surface area contributed by atoms with E-state index in [4.69, 9.17) is 20.4 Å². The molecule has 0 bridgehead atoms. The Kier molecular flexibility index (Phi) is 7.34. The molecule has 3 aromatic rings. The lowest BCUT2D eigenvalue weighted by Gasteiger charge is -2.13. The molecule has 0 fully saturated rings. The Balaban J connectivity index is 2.16. The summed E-state index contributed by atoms with van der Waals surface area (Å²) in [7, 11) is -0.243. The van der Waals surface area contributed by atoms with Gasteiger partial charge in [-0.3, -0.25) is 0 Å². The zero-order valence-corrected chi connectivity index (χ0v) is 18.4. The molecule has 3 rings (SSSR count). The highest BCUT2D eigenvalue weighted by atomic mass is 33.1. The average Bonchev–Trinajstić information content (AvgIpc) is 3.25. The third kappa shape index (κ3) is 4.50. The predicted molar refractivity (Wildman–Crippen MR) is 105 cm³/mol. The van der Waals surface area contributed by atoms with Crippen LogP contribution in [0.2, 0.25) is 0 Å². The number of carboxylic acid groups (broad SMARTS) is 4. The molecule has 0 amide bonds. The summed E-state index contributed by atoms with van der Waals surface area (Å²) in [5.41, 5.74) is -8.95. The van der Waals surface area contributed by atoms with Gasteiger partial charge in [-0.1, -0.05) is 0 Å². The molecule has 0 aliphatic carbocycles. The van der Waals surface area contributed by atoms with Gasteiger partial charge in [-0.25, -0.2) is 45.5 Å². The molecule has 37 heavy (non-hydrogen) atoms. The van der Waals surface area contributed by atoms with E-state index in [1.807, 2.05) is 0 Å². The first-order valence-electron chi connectivity index (χ1n) is 8.69. The van der Waals surface area contributed by atoms with Gasteiger partial charge in [-0.2, -0.15) is 4.68 Å². The van der Waals surface area contributed by atoms with E-state index in [-0.39, 0.29) is 26.3 Å². The van der Waals surface area contributed by atoms with Crippen molar-refractivity contribution in [3.63, 3.8) is 0 Å². The second-order valence-electron chi connectivity index (χ2n) is 6.32. The number of benzene rings is 2. The molecular weight excluding hydrogens is 566 g/mol. The molecule has 4 N–H and O–H groups in total. The summed E-state index contributed by atoms with van der Waals surface area (Å²) in [6, 6.07) is 0. The Bertz CT molecular complexity index is 1530. The van der Waals surface area contributed by atoms with Crippen LogP contribution in [-0.2, 0) is 0 Å². The van der Waals surface area contributed by atoms with Crippen LogP contribution in [0.1, 0.15) is 41.4 Å². The van der Waals surface area contributed by atoms with Gasteiger partial charge in [0.05, 0.1) is 4.90 Å². The van der Waals surface area contributed by atoms with Gasteiger partial charge in [-0.05, 0) is 32.0 Å². The van der Waals surface area contributed by atoms with Crippen molar-refractivity contribution in [3.8, 4) is 5.69 Å². The quantitative estimate of drug-likeness (QED) is 0.176. The summed E-state index contributed by atoms with van der Waals surface area (Å²) in [6.07, 6.45) is 0. The summed E-state index contributed by atoms with van der Waals surface area (Å²) >= 11 is 0. The SMILES string of the molecule is O=C(O)c1c(F)c(F)c(SSc2nnnn2-c2c(F)c(F)c(C(=O)O)c(C(=O)O)c2F)c(F)c1C(=O)O. The summed E-state index contributed by atoms with van der Waals surface area (Å²) in [4.78, 5) is 43.4. The number of hydrogen-bond acceptors (Lipinski definition) is 9. The van der Waals surface area contributed by atoms with Crippen LogP contribution in [0.3, 0.4) is 0 Å². The summed E-state index contributed by atoms with van der Waals surface area (Å²) in [5, 5.41) is 44.4. The van der Waals surface area contributed by atoms with Crippen molar-refractivity contribution in [2.45, 2.75) is 10.1 Å². The van der Waals surface area contributed by atoms with Crippen molar-refractivity contribution in [1.82, 2.24) is 20.2 Å². The van der Waals surface area contributed by atoms with Crippen LogP contribution in [0.25, 0.3) is 5.69 Å². The number of halogens is 6. The fraction of sp³-hybridized carbons (Fsp3) is 0. The predicted octanol–water partition coefficient (Wildman–Crippen LogP) is 3.09. The van der Waals surface area contributed by atoms with Crippen molar-refractivity contribution in [3.05, 3.63) is 57.2 Å². The molecule has 0 saturated heterocycles. The third-order valence-electron chi connectivity index (χ3n) is 4.29. The van der Waals surface area contributed by atoms with Crippen LogP contribution in [0.15, 0.2) is 10.1 Å². The minimum atomic E-state index is -2.34. The molecule has 0 spiro atoms. The molecule has 0 radical (unpaired) electrons. The molecule has 0 saturated carbocycles. The van der Waals surface area contributed by atoms with Crippen LogP contribution < -0.4 is 0 Å². The molecule has 0 aliphatic rings. The topological polar surface area (TPSA) is 193 Å². The van der Waals surface area contributed by atoms with E-state index in [1.54, 1.807) is 0 Å². The normalized spacial score (nSPS) is 11.0. The molecular formula is C17H4F6N4O8S2. The Morgan fingerprint density at radius 3 is 1.51 bits per heavy atom. The van der Waals surface area contributed by atoms with Crippen molar-refractivity contribution >= 4 is 45.5 Å². The smallest absolute Gasteiger partial charge is 0.339 e. The second kappa shape index (κ2) is 9.97. The van der Waals surface area contributed by atoms with Crippen molar-refractivity contribution in [2.75, 3.05) is 0 Å². The fourth-order valence-electron chi connectivity index (χ4n) is 2.80. The number of hydrogen-bond donors (Lipinski definition) is 4. The van der Waals surface area contributed by atoms with Crippen LogP contribution >= 0.6 is 21.6 Å². The summed E-state index contributed by atoms with van der Waals surface area (Å²) < 4.78 is 87.0. The number of tetrazole rings is 1. The highest BCUT2D eigenvalue weighted by molar-refractivity contribution is 8.76. The zero-order valence-electron chi connectivity index (χ0n) is 16.8. The number of carboxylic acids is 4. The van der Waals surface area contributed by atoms with Crippen LogP contribution in [0.5, 0.6) is 0 Å². The van der Waals surface area contributed by atoms with Gasteiger partial charge in [0.2, 0.25) is 5.16 Å². The van der Waals surface area contributed by atoms with Crippen LogP contribution in [0, 0.1) is 34.9 Å². The lowest BCUT2D eigenvalue weighted by atomic mass is 10.0. The molecule has 2 aromatic carbocycles. The summed E-state index contributed by atoms with van der Waals surface area (Å²) in [5.74, 6) is -22.5. The maximum absolute atomic E-state index is 14.9. The van der Waals surface area contributed by atoms with Gasteiger partial charge in [0, 0.05) is 0 Å². The zero-order chi connectivity index (χ0) is 27.9. The van der Waals surface area contributed by atoms with Crippen LogP contribution in [-0.4, -0.2) is 64.5 Å². The molecule has 20 heteroatoms. The van der Waals surface area contributed by atoms with Gasteiger partial charge in [0.1, 0.15) is 27.9 Å². The Hall–Kier alpha value is -4.33. The van der Waals surface area contributed by atoms with Crippen LogP contribution in [0.4, 0.5) is 26.3 Å². The van der Waals surface area contributed by atoms with E-state index in [9.17, 15) is 45.5 Å². The molecule has 0 atom stereocenters. The van der Waals surface area contributed by atoms with Gasteiger partial charge < -0.3 is 20.4 Å². The van der Waals surface area contributed by atoms with Crippen molar-refractivity contribution in [1.29, 1.82) is 0 Å². The maximum Gasteiger partial charge on any atom is 0.339 e. The minimum Gasteiger partial charge on any atom is -0.478 e. The first-order valence-corrected chi connectivity index (χ1v) is 10.8. The maximum atomic E-state index is 14.9. The Labute approximate surface area is 204 Å². The monoisotopic (exact) mass is 570 g/mol. The number of rotatable bonds is 8. The highest BCUT2D eigenvalue weighted by Crippen LogP contribution is 2.42. The van der Waals surface area contributed by atoms with E-state index >= 15 is 0 Å². The van der Waals surface area contributed by atoms with Gasteiger partial charge in [0.25, 0.3) is 0 Å². The van der Waals surface area contributed by atoms with Crippen molar-refractivity contribution < 1.29 is 65.9 Å². The second-order valence-corrected chi connectivity index (χ2v) is 8.43. The lowest BCUT2D eigenvalue weighted by molar-refractivity contribution is 0.0640. The van der Waals surface area contributed by atoms with Gasteiger partial charge >= 0.3 is 23.9 Å². The molecule has 194 valence electrons. The fourth-order valence-corrected chi connectivity index (χ4v) is 4.79. The molecule has 12 nitrogen and oxygen atoms in total. The van der Waals surface area contributed by atoms with E-state index in [0.717, 1.165) is 0 Å². The lowest BCUT2D eigenvalue weighted by Crippen LogP contribution is -2.19. The largest absolute Gasteiger partial charge is 0.478 e. The van der Waals surface area contributed by atoms with Gasteiger partial charge in [-0.15, -0.1) is 5.10 Å². The average molecular weight is 570 g/mol. The molecule has 1 aromatic heterocycles. The number of aromatic carboxylic acids is 4. The third-order valence-corrected chi connectivity index (χ3v) is 6.49. The van der Waals surface area contributed by atoms with E-state index in [1.165, 1.54) is 0 Å². The Morgan fingerprint density at radius 1 is 0.595 bits per heavy atom. The van der Waals surface area contributed by atoms with Crippen molar-refractivity contribution in [2.24, 2.45) is 0 Å². The Morgan fingerprint density at radius 2 is 1.03 bits per heavy atom. The first kappa shape index (κ1) is 27.3. The van der Waals surface area contributed by atoms with E-state index < -0.39 is 96.8 Å². The summed E-state index contributed by atoms with van der Waals surface area (Å²) in [6.45, 7) is 0. The highest BCUT2D eigenvalue weighted by Gasteiger charge is 2.36. The number of aromatic nitrogens is 4. The number of nitrogens with zero attached hydrogens (tertiary/aromatic N) is 4. The molecule has 0 unspecified atom stereocenters. The van der Waals surface area contributed by atoms with E-state index in [0.29, 0.717) is 0 Å². The minimum absolute atomic E-state index is 0.0284.